The van der Waals surface area contributed by atoms with Crippen LogP contribution in [0.5, 0.6) is 11.5 Å². The van der Waals surface area contributed by atoms with Crippen LogP contribution >= 0.6 is 24.8 Å². The van der Waals surface area contributed by atoms with Crippen molar-refractivity contribution in [2.24, 2.45) is 11.8 Å². The molecule has 0 radical (unpaired) electrons. The van der Waals surface area contributed by atoms with Crippen molar-refractivity contribution in [1.82, 2.24) is 9.80 Å². The molecule has 2 fully saturated rings. The molecule has 0 N–H and O–H groups in total. The maximum absolute atomic E-state index is 5.58. The van der Waals surface area contributed by atoms with Crippen molar-refractivity contribution >= 4 is 24.8 Å². The molecule has 0 amide bonds. The van der Waals surface area contributed by atoms with Gasteiger partial charge in [-0.15, -0.1) is 24.8 Å². The number of methoxy groups -OCH3 is 2. The van der Waals surface area contributed by atoms with Crippen molar-refractivity contribution in [2.45, 2.75) is 19.5 Å². The topological polar surface area (TPSA) is 24.9 Å². The van der Waals surface area contributed by atoms with Crippen LogP contribution in [0.3, 0.4) is 0 Å². The highest BCUT2D eigenvalue weighted by atomic mass is 35.5. The molecule has 0 spiro atoms. The molecule has 2 aliphatic heterocycles. The molecule has 4 nitrogen and oxygen atoms in total. The number of hydrogen-bond acceptors (Lipinski definition) is 4. The third-order valence-corrected chi connectivity index (χ3v) is 6.36. The molecule has 0 bridgehead atoms. The van der Waals surface area contributed by atoms with Crippen molar-refractivity contribution < 1.29 is 9.47 Å². The summed E-state index contributed by atoms with van der Waals surface area (Å²) in [4.78, 5) is 5.14. The summed E-state index contributed by atoms with van der Waals surface area (Å²) in [7, 11) is 5.74. The first-order chi connectivity index (χ1) is 13.1. The standard InChI is InChI=1S/C23H30N2O2.2ClH/c1-16-7-5-6-8-20(16)23-21-15-25(14-18(21)12-24(23)2)13-17-11-19(26-3)9-10-22(17)27-4;;/h5-11,18,21,23H,12-15H2,1-4H3;2*1H/t18-,21+,23+;;/m0../s1. The van der Waals surface area contributed by atoms with Crippen LogP contribution in [0.4, 0.5) is 0 Å². The maximum Gasteiger partial charge on any atom is 0.123 e. The van der Waals surface area contributed by atoms with Crippen LogP contribution < -0.4 is 9.47 Å². The van der Waals surface area contributed by atoms with E-state index in [0.29, 0.717) is 12.0 Å². The predicted molar refractivity (Wildman–Crippen MR) is 123 cm³/mol. The Morgan fingerprint density at radius 1 is 0.966 bits per heavy atom. The summed E-state index contributed by atoms with van der Waals surface area (Å²) in [6.45, 7) is 6.61. The Morgan fingerprint density at radius 3 is 2.41 bits per heavy atom. The second kappa shape index (κ2) is 10.0. The lowest BCUT2D eigenvalue weighted by Crippen LogP contribution is -2.29. The van der Waals surface area contributed by atoms with E-state index < -0.39 is 0 Å². The minimum Gasteiger partial charge on any atom is -0.497 e. The highest BCUT2D eigenvalue weighted by Crippen LogP contribution is 2.45. The molecule has 2 aliphatic rings. The Balaban J connectivity index is 0.00000150. The van der Waals surface area contributed by atoms with E-state index in [-0.39, 0.29) is 24.8 Å². The first-order valence-electron chi connectivity index (χ1n) is 9.79. The van der Waals surface area contributed by atoms with Crippen LogP contribution in [0, 0.1) is 18.8 Å². The number of aryl methyl sites for hydroxylation is 1. The van der Waals surface area contributed by atoms with Gasteiger partial charge in [0.05, 0.1) is 14.2 Å². The summed E-state index contributed by atoms with van der Waals surface area (Å²) in [5.41, 5.74) is 4.11. The van der Waals surface area contributed by atoms with E-state index >= 15 is 0 Å². The van der Waals surface area contributed by atoms with Gasteiger partial charge in [-0.1, -0.05) is 24.3 Å². The average Bonchev–Trinajstić information content (AvgIpc) is 3.18. The highest BCUT2D eigenvalue weighted by molar-refractivity contribution is 5.85. The Kier molecular flexibility index (Phi) is 8.24. The molecule has 2 aromatic carbocycles. The van der Waals surface area contributed by atoms with Gasteiger partial charge >= 0.3 is 0 Å². The predicted octanol–water partition coefficient (Wildman–Crippen LogP) is 4.59. The maximum atomic E-state index is 5.58. The van der Waals surface area contributed by atoms with Crippen LogP contribution in [0.2, 0.25) is 0 Å². The van der Waals surface area contributed by atoms with Crippen LogP contribution in [0.15, 0.2) is 42.5 Å². The molecule has 0 saturated carbocycles. The quantitative estimate of drug-likeness (QED) is 0.681. The summed E-state index contributed by atoms with van der Waals surface area (Å²) in [5.74, 6) is 3.26. The van der Waals surface area contributed by atoms with Gasteiger partial charge in [0.15, 0.2) is 0 Å². The van der Waals surface area contributed by atoms with Crippen LogP contribution in [0.1, 0.15) is 22.7 Å². The van der Waals surface area contributed by atoms with E-state index in [1.165, 1.54) is 23.2 Å². The number of benzene rings is 2. The molecular formula is C23H32Cl2N2O2. The largest absolute Gasteiger partial charge is 0.497 e. The van der Waals surface area contributed by atoms with Crippen molar-refractivity contribution in [3.8, 4) is 11.5 Å². The number of nitrogens with zero attached hydrogens (tertiary/aromatic N) is 2. The number of likely N-dealkylation sites (tertiary alicyclic amines) is 2. The van der Waals surface area contributed by atoms with Crippen molar-refractivity contribution in [1.29, 1.82) is 0 Å². The molecular weight excluding hydrogens is 407 g/mol. The number of rotatable bonds is 5. The summed E-state index contributed by atoms with van der Waals surface area (Å²) in [6, 6.07) is 15.5. The number of halogens is 2. The molecule has 3 atom stereocenters. The third kappa shape index (κ3) is 4.66. The number of ether oxygens (including phenoxy) is 2. The van der Waals surface area contributed by atoms with Crippen molar-refractivity contribution in [3.63, 3.8) is 0 Å². The molecule has 0 unspecified atom stereocenters. The van der Waals surface area contributed by atoms with E-state index in [0.717, 1.165) is 37.1 Å². The Bertz CT molecular complexity index is 817. The minimum absolute atomic E-state index is 0. The van der Waals surface area contributed by atoms with Gasteiger partial charge in [-0.25, -0.2) is 0 Å². The van der Waals surface area contributed by atoms with Gasteiger partial charge in [-0.05, 0) is 55.1 Å². The zero-order valence-electron chi connectivity index (χ0n) is 17.6. The van der Waals surface area contributed by atoms with Crippen molar-refractivity contribution in [3.05, 3.63) is 59.2 Å². The number of hydrogen-bond donors (Lipinski definition) is 0. The fraction of sp³-hybridized carbons (Fsp3) is 0.478. The lowest BCUT2D eigenvalue weighted by Gasteiger charge is -2.28. The molecule has 2 saturated heterocycles. The van der Waals surface area contributed by atoms with Gasteiger partial charge < -0.3 is 9.47 Å². The second-order valence-electron chi connectivity index (χ2n) is 8.04. The summed E-state index contributed by atoms with van der Waals surface area (Å²) >= 11 is 0. The fourth-order valence-corrected chi connectivity index (χ4v) is 5.11. The Hall–Kier alpha value is -1.46. The molecule has 2 heterocycles. The van der Waals surface area contributed by atoms with E-state index in [9.17, 15) is 0 Å². The van der Waals surface area contributed by atoms with Crippen LogP contribution in [-0.2, 0) is 6.54 Å². The summed E-state index contributed by atoms with van der Waals surface area (Å²) in [5, 5.41) is 0. The molecule has 0 aromatic heterocycles. The van der Waals surface area contributed by atoms with E-state index in [1.54, 1.807) is 14.2 Å². The zero-order chi connectivity index (χ0) is 19.0. The molecule has 160 valence electrons. The second-order valence-corrected chi connectivity index (χ2v) is 8.04. The van der Waals surface area contributed by atoms with Gasteiger partial charge in [-0.3, -0.25) is 9.80 Å². The van der Waals surface area contributed by atoms with Gasteiger partial charge in [0.1, 0.15) is 11.5 Å². The highest BCUT2D eigenvalue weighted by Gasteiger charge is 2.46. The van der Waals surface area contributed by atoms with Crippen LogP contribution in [-0.4, -0.2) is 50.7 Å². The zero-order valence-corrected chi connectivity index (χ0v) is 19.3. The molecule has 2 aromatic rings. The SMILES string of the molecule is COc1ccc(OC)c(CN2C[C@@H]3CN(C)[C@H](c4ccccc4C)[C@@H]3C2)c1.Cl.Cl. The van der Waals surface area contributed by atoms with Crippen molar-refractivity contribution in [2.75, 3.05) is 40.9 Å². The molecule has 29 heavy (non-hydrogen) atoms. The summed E-state index contributed by atoms with van der Waals surface area (Å²) in [6.07, 6.45) is 0. The summed E-state index contributed by atoms with van der Waals surface area (Å²) < 4.78 is 11.0. The normalized spacial score (nSPS) is 23.8. The lowest BCUT2D eigenvalue weighted by atomic mass is 9.88. The Morgan fingerprint density at radius 2 is 1.72 bits per heavy atom. The smallest absolute Gasteiger partial charge is 0.123 e. The molecule has 0 aliphatic carbocycles. The Labute approximate surface area is 187 Å². The fourth-order valence-electron chi connectivity index (χ4n) is 5.11. The third-order valence-electron chi connectivity index (χ3n) is 6.36. The van der Waals surface area contributed by atoms with E-state index in [4.69, 9.17) is 9.47 Å². The lowest BCUT2D eigenvalue weighted by molar-refractivity contribution is 0.222. The number of fused-ring (bicyclic) bond motifs is 1. The minimum atomic E-state index is 0. The molecule has 4 rings (SSSR count). The van der Waals surface area contributed by atoms with E-state index in [1.807, 2.05) is 12.1 Å². The average molecular weight is 439 g/mol. The molecule has 6 heteroatoms. The van der Waals surface area contributed by atoms with Crippen LogP contribution in [0.25, 0.3) is 0 Å². The first-order valence-corrected chi connectivity index (χ1v) is 9.79. The van der Waals surface area contributed by atoms with Gasteiger partial charge in [-0.2, -0.15) is 0 Å². The van der Waals surface area contributed by atoms with Gasteiger partial charge in [0.2, 0.25) is 0 Å². The van der Waals surface area contributed by atoms with Gasteiger partial charge in [0, 0.05) is 37.8 Å². The van der Waals surface area contributed by atoms with Gasteiger partial charge in [0.25, 0.3) is 0 Å². The monoisotopic (exact) mass is 438 g/mol. The van der Waals surface area contributed by atoms with E-state index in [2.05, 4.69) is 54.1 Å². The first kappa shape index (κ1) is 23.8.